The van der Waals surface area contributed by atoms with Crippen molar-refractivity contribution < 1.29 is 17.9 Å². The number of carbonyl (C=O) groups excluding carboxylic acids is 1. The highest BCUT2D eigenvalue weighted by Crippen LogP contribution is 2.28. The zero-order chi connectivity index (χ0) is 26.2. The normalized spacial score (nSPS) is 13.5. The summed E-state index contributed by atoms with van der Waals surface area (Å²) in [5.74, 6) is -1.43. The van der Waals surface area contributed by atoms with Crippen LogP contribution in [0.4, 0.5) is 10.1 Å². The minimum atomic E-state index is -2.41. The Hall–Kier alpha value is -3.40. The van der Waals surface area contributed by atoms with Crippen molar-refractivity contribution in [1.82, 2.24) is 10.3 Å². The number of rotatable bonds is 11. The van der Waals surface area contributed by atoms with Crippen molar-refractivity contribution in [2.24, 2.45) is 0 Å². The number of benzene rings is 3. The van der Waals surface area contributed by atoms with Crippen LogP contribution in [0.15, 0.2) is 84.2 Å². The van der Waals surface area contributed by atoms with E-state index in [4.69, 9.17) is 4.98 Å². The summed E-state index contributed by atoms with van der Waals surface area (Å²) in [6.45, 7) is 2.02. The standard InChI is InChI=1S/C28H28FN3O3S2/c1-2-21-18-36-28(30-21)26(17-20-12-14-22(15-13-20)32-37(34)35)31-27(33)24(16-19-8-4-3-5-9-19)23-10-6-7-11-25(23)29/h3-15,18,24,26,32H,2,16-17H2,1H3,(H,31,33)(H,34,35)/p-1. The monoisotopic (exact) mass is 536 g/mol. The molecule has 0 spiro atoms. The van der Waals surface area contributed by atoms with E-state index in [1.807, 2.05) is 42.6 Å². The van der Waals surface area contributed by atoms with Gasteiger partial charge in [0.15, 0.2) is 0 Å². The molecule has 37 heavy (non-hydrogen) atoms. The molecule has 0 aliphatic carbocycles. The van der Waals surface area contributed by atoms with Crippen molar-refractivity contribution in [3.05, 3.63) is 117 Å². The van der Waals surface area contributed by atoms with Crippen molar-refractivity contribution in [3.8, 4) is 0 Å². The highest BCUT2D eigenvalue weighted by atomic mass is 32.2. The highest BCUT2D eigenvalue weighted by molar-refractivity contribution is 7.80. The lowest BCUT2D eigenvalue weighted by Crippen LogP contribution is -2.35. The second-order valence-corrected chi connectivity index (χ2v) is 10.2. The fourth-order valence-corrected chi connectivity index (χ4v) is 5.39. The Balaban J connectivity index is 1.62. The van der Waals surface area contributed by atoms with Gasteiger partial charge in [-0.2, -0.15) is 0 Å². The van der Waals surface area contributed by atoms with Gasteiger partial charge in [-0.05, 0) is 48.6 Å². The molecule has 0 aliphatic rings. The second-order valence-electron chi connectivity index (χ2n) is 8.59. The number of carbonyl (C=O) groups is 1. The van der Waals surface area contributed by atoms with E-state index in [0.29, 0.717) is 24.1 Å². The number of nitrogens with one attached hydrogen (secondary N) is 2. The molecule has 3 atom stereocenters. The average molecular weight is 537 g/mol. The lowest BCUT2D eigenvalue weighted by atomic mass is 9.90. The number of halogens is 1. The third-order valence-electron chi connectivity index (χ3n) is 6.02. The maximum absolute atomic E-state index is 14.8. The van der Waals surface area contributed by atoms with Crippen molar-refractivity contribution in [2.75, 3.05) is 4.72 Å². The number of hydrogen-bond donors (Lipinski definition) is 2. The molecule has 0 radical (unpaired) electrons. The van der Waals surface area contributed by atoms with Crippen LogP contribution in [0, 0.1) is 5.82 Å². The van der Waals surface area contributed by atoms with Crippen LogP contribution in [-0.2, 0) is 35.3 Å². The fourth-order valence-electron chi connectivity index (χ4n) is 4.11. The third kappa shape index (κ3) is 7.31. The van der Waals surface area contributed by atoms with Crippen molar-refractivity contribution in [1.29, 1.82) is 0 Å². The molecule has 0 fully saturated rings. The molecule has 6 nitrogen and oxygen atoms in total. The van der Waals surface area contributed by atoms with Gasteiger partial charge in [-0.25, -0.2) is 9.37 Å². The summed E-state index contributed by atoms with van der Waals surface area (Å²) < 4.78 is 39.0. The molecule has 1 aromatic heterocycles. The predicted molar refractivity (Wildman–Crippen MR) is 144 cm³/mol. The van der Waals surface area contributed by atoms with Gasteiger partial charge in [0.25, 0.3) is 0 Å². The first-order chi connectivity index (χ1) is 17.9. The Morgan fingerprint density at radius 3 is 2.32 bits per heavy atom. The molecule has 0 saturated carbocycles. The van der Waals surface area contributed by atoms with Crippen LogP contribution < -0.4 is 10.0 Å². The molecule has 192 valence electrons. The number of aryl methyl sites for hydroxylation is 1. The van der Waals surface area contributed by atoms with Gasteiger partial charge in [-0.1, -0.05) is 67.6 Å². The molecule has 2 N–H and O–H groups in total. The summed E-state index contributed by atoms with van der Waals surface area (Å²) in [6, 6.07) is 22.4. The van der Waals surface area contributed by atoms with Gasteiger partial charge in [0.2, 0.25) is 5.91 Å². The average Bonchev–Trinajstić information content (AvgIpc) is 3.38. The Bertz CT molecular complexity index is 1350. The third-order valence-corrected chi connectivity index (χ3v) is 7.43. The summed E-state index contributed by atoms with van der Waals surface area (Å²) in [5, 5.41) is 5.88. The predicted octanol–water partition coefficient (Wildman–Crippen LogP) is 5.48. The van der Waals surface area contributed by atoms with Gasteiger partial charge in [-0.15, -0.1) is 11.3 Å². The second kappa shape index (κ2) is 12.7. The lowest BCUT2D eigenvalue weighted by molar-refractivity contribution is -0.123. The Labute approximate surface area is 222 Å². The summed E-state index contributed by atoms with van der Waals surface area (Å²) in [6.07, 6.45) is 1.57. The number of nitrogens with zero attached hydrogens (tertiary/aromatic N) is 1. The van der Waals surface area contributed by atoms with Crippen LogP contribution in [0.3, 0.4) is 0 Å². The molecule has 1 amide bonds. The zero-order valence-corrected chi connectivity index (χ0v) is 21.9. The minimum absolute atomic E-state index is 0.285. The number of aromatic nitrogens is 1. The van der Waals surface area contributed by atoms with Crippen molar-refractivity contribution in [2.45, 2.75) is 38.1 Å². The largest absolute Gasteiger partial charge is 0.755 e. The topological polar surface area (TPSA) is 94.1 Å². The number of amides is 1. The zero-order valence-electron chi connectivity index (χ0n) is 20.2. The maximum Gasteiger partial charge on any atom is 0.228 e. The molecule has 1 heterocycles. The van der Waals surface area contributed by atoms with Gasteiger partial charge in [0.05, 0.1) is 17.7 Å². The molecule has 3 aromatic carbocycles. The van der Waals surface area contributed by atoms with E-state index in [0.717, 1.165) is 28.2 Å². The van der Waals surface area contributed by atoms with E-state index >= 15 is 0 Å². The first-order valence-electron chi connectivity index (χ1n) is 11.9. The highest BCUT2D eigenvalue weighted by Gasteiger charge is 2.28. The van der Waals surface area contributed by atoms with E-state index in [9.17, 15) is 17.9 Å². The molecule has 0 bridgehead atoms. The molecule has 0 aliphatic heterocycles. The Kier molecular flexibility index (Phi) is 9.16. The molecule has 4 aromatic rings. The first kappa shape index (κ1) is 26.7. The molecular weight excluding hydrogens is 509 g/mol. The smallest absolute Gasteiger partial charge is 0.228 e. The van der Waals surface area contributed by atoms with E-state index in [1.165, 1.54) is 17.4 Å². The van der Waals surface area contributed by atoms with Crippen LogP contribution in [0.25, 0.3) is 0 Å². The van der Waals surface area contributed by atoms with Crippen molar-refractivity contribution >= 4 is 34.2 Å². The van der Waals surface area contributed by atoms with E-state index in [-0.39, 0.29) is 5.91 Å². The van der Waals surface area contributed by atoms with Gasteiger partial charge in [0, 0.05) is 27.9 Å². The maximum atomic E-state index is 14.8. The van der Waals surface area contributed by atoms with Crippen LogP contribution in [0.2, 0.25) is 0 Å². The van der Waals surface area contributed by atoms with Gasteiger partial charge < -0.3 is 14.6 Å². The van der Waals surface area contributed by atoms with E-state index in [2.05, 4.69) is 10.0 Å². The van der Waals surface area contributed by atoms with Crippen LogP contribution in [0.1, 0.15) is 46.3 Å². The number of anilines is 1. The molecule has 0 saturated heterocycles. The lowest BCUT2D eigenvalue weighted by Gasteiger charge is -2.23. The molecule has 9 heteroatoms. The number of thiazole rings is 1. The van der Waals surface area contributed by atoms with Crippen molar-refractivity contribution in [3.63, 3.8) is 0 Å². The molecule has 4 rings (SSSR count). The van der Waals surface area contributed by atoms with Crippen LogP contribution >= 0.6 is 11.3 Å². The summed E-state index contributed by atoms with van der Waals surface area (Å²) >= 11 is -0.932. The van der Waals surface area contributed by atoms with Gasteiger partial charge in [0.1, 0.15) is 10.8 Å². The number of hydrogen-bond acceptors (Lipinski definition) is 5. The van der Waals surface area contributed by atoms with Gasteiger partial charge in [-0.3, -0.25) is 9.00 Å². The molecule has 3 unspecified atom stereocenters. The Morgan fingerprint density at radius 2 is 1.68 bits per heavy atom. The van der Waals surface area contributed by atoms with E-state index in [1.54, 1.807) is 42.5 Å². The minimum Gasteiger partial charge on any atom is -0.755 e. The van der Waals surface area contributed by atoms with Gasteiger partial charge >= 0.3 is 0 Å². The Morgan fingerprint density at radius 1 is 1.00 bits per heavy atom. The molecular formula is C28H27FN3O3S2-. The van der Waals surface area contributed by atoms with E-state index < -0.39 is 29.0 Å². The van der Waals surface area contributed by atoms with Crippen LogP contribution in [0.5, 0.6) is 0 Å². The summed E-state index contributed by atoms with van der Waals surface area (Å²) in [5.41, 5.74) is 3.56. The summed E-state index contributed by atoms with van der Waals surface area (Å²) in [7, 11) is 0. The fraction of sp³-hybridized carbons (Fsp3) is 0.214. The van der Waals surface area contributed by atoms with Crippen LogP contribution in [-0.4, -0.2) is 19.7 Å². The quantitative estimate of drug-likeness (QED) is 0.248. The first-order valence-corrected chi connectivity index (χ1v) is 13.9. The summed E-state index contributed by atoms with van der Waals surface area (Å²) in [4.78, 5) is 18.5. The SMILES string of the molecule is CCc1csc(C(Cc2ccc(NS(=O)[O-])cc2)NC(=O)C(Cc2ccccc2)c2ccccc2F)n1.